The lowest BCUT2D eigenvalue weighted by molar-refractivity contribution is 0.0381. The van der Waals surface area contributed by atoms with Gasteiger partial charge in [-0.3, -0.25) is 9.48 Å². The molecule has 0 spiro atoms. The van der Waals surface area contributed by atoms with Gasteiger partial charge < -0.3 is 10.0 Å². The molecular formula is C14H19ClN6O2. The maximum atomic E-state index is 12.9. The van der Waals surface area contributed by atoms with E-state index in [2.05, 4.69) is 20.5 Å². The van der Waals surface area contributed by atoms with E-state index in [9.17, 15) is 9.90 Å². The molecule has 1 saturated heterocycles. The van der Waals surface area contributed by atoms with Crippen molar-refractivity contribution < 1.29 is 9.90 Å². The molecule has 0 radical (unpaired) electrons. The molecule has 1 aliphatic rings. The van der Waals surface area contributed by atoms with Crippen molar-refractivity contribution in [3.63, 3.8) is 0 Å². The van der Waals surface area contributed by atoms with E-state index in [0.717, 1.165) is 0 Å². The molecule has 2 aromatic rings. The first kappa shape index (κ1) is 15.9. The van der Waals surface area contributed by atoms with Crippen LogP contribution in [-0.2, 0) is 12.6 Å². The molecule has 0 aromatic carbocycles. The average Bonchev–Trinajstić information content (AvgIpc) is 3.20. The minimum Gasteiger partial charge on any atom is -0.381 e. The zero-order valence-electron chi connectivity index (χ0n) is 13.2. The van der Waals surface area contributed by atoms with Crippen LogP contribution in [0.25, 0.3) is 0 Å². The number of likely N-dealkylation sites (tertiary alicyclic amines) is 1. The molecule has 1 fully saturated rings. The lowest BCUT2D eigenvalue weighted by Gasteiger charge is -2.21. The third kappa shape index (κ3) is 2.61. The Kier molecular flexibility index (Phi) is 3.89. The number of nitrogens with zero attached hydrogens (tertiary/aromatic N) is 5. The molecule has 1 atom stereocenters. The first-order valence-electron chi connectivity index (χ1n) is 7.44. The Labute approximate surface area is 138 Å². The molecule has 9 heteroatoms. The number of carbonyl (C=O) groups is 1. The normalized spacial score (nSPS) is 21.4. The lowest BCUT2D eigenvalue weighted by atomic mass is 10.00. The Bertz CT molecular complexity index is 726. The number of carbonyl (C=O) groups excluding carboxylic acids is 1. The SMILES string of the molecule is CC(C)c1nn(C)c(Cl)c1C(=O)N1CC[C@@](O)(c2cn[nH]n2)C1. The van der Waals surface area contributed by atoms with E-state index in [1.54, 1.807) is 11.9 Å². The van der Waals surface area contributed by atoms with Gasteiger partial charge in [0.2, 0.25) is 0 Å². The summed E-state index contributed by atoms with van der Waals surface area (Å²) in [5.74, 6) is -0.143. The molecule has 2 N–H and O–H groups in total. The third-order valence-electron chi connectivity index (χ3n) is 4.19. The van der Waals surface area contributed by atoms with Gasteiger partial charge in [0.15, 0.2) is 0 Å². The van der Waals surface area contributed by atoms with Gasteiger partial charge in [-0.05, 0) is 5.92 Å². The van der Waals surface area contributed by atoms with Crippen molar-refractivity contribution in [1.82, 2.24) is 30.1 Å². The number of halogens is 1. The van der Waals surface area contributed by atoms with Crippen LogP contribution in [0.2, 0.25) is 5.15 Å². The standard InChI is InChI=1S/C14H19ClN6O2/c1-8(2)11-10(12(15)20(3)18-11)13(22)21-5-4-14(23,7-21)9-6-16-19-17-9/h6,8,23H,4-5,7H2,1-3H3,(H,16,17,19)/t14-/m0/s1. The fourth-order valence-corrected chi connectivity index (χ4v) is 3.10. The van der Waals surface area contributed by atoms with Gasteiger partial charge >= 0.3 is 0 Å². The third-order valence-corrected chi connectivity index (χ3v) is 4.63. The molecule has 0 bridgehead atoms. The highest BCUT2D eigenvalue weighted by Crippen LogP contribution is 2.33. The maximum Gasteiger partial charge on any atom is 0.259 e. The van der Waals surface area contributed by atoms with Crippen molar-refractivity contribution >= 4 is 17.5 Å². The summed E-state index contributed by atoms with van der Waals surface area (Å²) >= 11 is 6.27. The monoisotopic (exact) mass is 338 g/mol. The van der Waals surface area contributed by atoms with E-state index >= 15 is 0 Å². The minimum atomic E-state index is -1.19. The largest absolute Gasteiger partial charge is 0.381 e. The Morgan fingerprint density at radius 1 is 1.52 bits per heavy atom. The summed E-state index contributed by atoms with van der Waals surface area (Å²) in [4.78, 5) is 14.5. The maximum absolute atomic E-state index is 12.9. The highest BCUT2D eigenvalue weighted by molar-refractivity contribution is 6.33. The van der Waals surface area contributed by atoms with Gasteiger partial charge in [-0.25, -0.2) is 0 Å². The zero-order chi connectivity index (χ0) is 16.8. The van der Waals surface area contributed by atoms with Crippen molar-refractivity contribution in [2.24, 2.45) is 7.05 Å². The van der Waals surface area contributed by atoms with E-state index in [1.165, 1.54) is 10.9 Å². The van der Waals surface area contributed by atoms with Crippen LogP contribution in [-0.4, -0.2) is 54.2 Å². The van der Waals surface area contributed by atoms with Crippen LogP contribution in [0.5, 0.6) is 0 Å². The number of hydrogen-bond donors (Lipinski definition) is 2. The molecule has 124 valence electrons. The molecule has 1 aliphatic heterocycles. The van der Waals surface area contributed by atoms with E-state index in [0.29, 0.717) is 35.1 Å². The molecule has 0 saturated carbocycles. The molecule has 1 amide bonds. The van der Waals surface area contributed by atoms with Gasteiger partial charge in [0.1, 0.15) is 16.4 Å². The van der Waals surface area contributed by atoms with Crippen LogP contribution in [0.15, 0.2) is 6.20 Å². The van der Waals surface area contributed by atoms with Crippen molar-refractivity contribution in [3.8, 4) is 0 Å². The van der Waals surface area contributed by atoms with Crippen LogP contribution in [0.1, 0.15) is 47.9 Å². The first-order valence-corrected chi connectivity index (χ1v) is 7.81. The Balaban J connectivity index is 1.88. The molecular weight excluding hydrogens is 320 g/mol. The van der Waals surface area contributed by atoms with E-state index in [-0.39, 0.29) is 18.4 Å². The van der Waals surface area contributed by atoms with Gasteiger partial charge in [-0.15, -0.1) is 0 Å². The number of hydrogen-bond acceptors (Lipinski definition) is 5. The summed E-state index contributed by atoms with van der Waals surface area (Å²) in [5, 5.41) is 25.5. The van der Waals surface area contributed by atoms with Crippen LogP contribution in [0.4, 0.5) is 0 Å². The molecule has 23 heavy (non-hydrogen) atoms. The number of rotatable bonds is 3. The number of aromatic nitrogens is 5. The lowest BCUT2D eigenvalue weighted by Crippen LogP contribution is -2.35. The second kappa shape index (κ2) is 5.61. The van der Waals surface area contributed by atoms with E-state index in [4.69, 9.17) is 11.6 Å². The highest BCUT2D eigenvalue weighted by atomic mass is 35.5. The van der Waals surface area contributed by atoms with Gasteiger partial charge in [0.25, 0.3) is 5.91 Å². The van der Waals surface area contributed by atoms with Gasteiger partial charge in [-0.2, -0.15) is 20.5 Å². The summed E-state index contributed by atoms with van der Waals surface area (Å²) in [5.41, 5.74) is 0.331. The smallest absolute Gasteiger partial charge is 0.259 e. The van der Waals surface area contributed by atoms with E-state index in [1.807, 2.05) is 13.8 Å². The van der Waals surface area contributed by atoms with Crippen LogP contribution in [0.3, 0.4) is 0 Å². The first-order chi connectivity index (χ1) is 10.8. The molecule has 3 rings (SSSR count). The zero-order valence-corrected chi connectivity index (χ0v) is 14.0. The predicted molar refractivity (Wildman–Crippen MR) is 83.1 cm³/mol. The Morgan fingerprint density at radius 3 is 2.87 bits per heavy atom. The Morgan fingerprint density at radius 2 is 2.26 bits per heavy atom. The van der Waals surface area contributed by atoms with E-state index < -0.39 is 5.60 Å². The number of nitrogens with one attached hydrogen (secondary N) is 1. The topological polar surface area (TPSA) is 99.9 Å². The van der Waals surface area contributed by atoms with Gasteiger partial charge in [0.05, 0.1) is 24.0 Å². The van der Waals surface area contributed by atoms with Gasteiger partial charge in [-0.1, -0.05) is 25.4 Å². The van der Waals surface area contributed by atoms with Crippen LogP contribution >= 0.6 is 11.6 Å². The number of β-amino-alcohol motifs (C(OH)–C–C–N with tert-alkyl or cyclic N) is 1. The average molecular weight is 339 g/mol. The summed E-state index contributed by atoms with van der Waals surface area (Å²) in [6, 6.07) is 0. The quantitative estimate of drug-likeness (QED) is 0.871. The molecule has 0 unspecified atom stereocenters. The Hall–Kier alpha value is -1.93. The van der Waals surface area contributed by atoms with Crippen molar-refractivity contribution in [2.45, 2.75) is 31.8 Å². The fraction of sp³-hybridized carbons (Fsp3) is 0.571. The number of amides is 1. The highest BCUT2D eigenvalue weighted by Gasteiger charge is 2.43. The summed E-state index contributed by atoms with van der Waals surface area (Å²) in [7, 11) is 1.71. The number of H-pyrrole nitrogens is 1. The molecule has 2 aromatic heterocycles. The number of aliphatic hydroxyl groups is 1. The van der Waals surface area contributed by atoms with Crippen molar-refractivity contribution in [3.05, 3.63) is 28.3 Å². The van der Waals surface area contributed by atoms with Crippen LogP contribution in [0, 0.1) is 0 Å². The summed E-state index contributed by atoms with van der Waals surface area (Å²) in [6.45, 7) is 4.50. The molecule has 0 aliphatic carbocycles. The second-order valence-corrected chi connectivity index (χ2v) is 6.55. The fourth-order valence-electron chi connectivity index (χ4n) is 2.89. The van der Waals surface area contributed by atoms with Crippen molar-refractivity contribution in [2.75, 3.05) is 13.1 Å². The molecule has 8 nitrogen and oxygen atoms in total. The van der Waals surface area contributed by atoms with Gasteiger partial charge in [0, 0.05) is 20.0 Å². The second-order valence-electron chi connectivity index (χ2n) is 6.19. The summed E-state index contributed by atoms with van der Waals surface area (Å²) < 4.78 is 1.50. The summed E-state index contributed by atoms with van der Waals surface area (Å²) in [6.07, 6.45) is 1.88. The van der Waals surface area contributed by atoms with Crippen molar-refractivity contribution in [1.29, 1.82) is 0 Å². The predicted octanol–water partition coefficient (Wildman–Crippen LogP) is 1.05. The number of aromatic amines is 1. The number of aryl methyl sites for hydroxylation is 1. The minimum absolute atomic E-state index is 0.0738. The van der Waals surface area contributed by atoms with Crippen LogP contribution < -0.4 is 0 Å². The molecule has 3 heterocycles.